The Labute approximate surface area is 159 Å². The molecule has 1 aliphatic rings. The van der Waals surface area contributed by atoms with Crippen molar-refractivity contribution in [3.63, 3.8) is 0 Å². The number of nitrogens with zero attached hydrogens (tertiary/aromatic N) is 2. The molecule has 6 nitrogen and oxygen atoms in total. The lowest BCUT2D eigenvalue weighted by Gasteiger charge is -2.10. The monoisotopic (exact) mass is 382 g/mol. The van der Waals surface area contributed by atoms with Crippen molar-refractivity contribution in [2.24, 2.45) is 0 Å². The van der Waals surface area contributed by atoms with Crippen LogP contribution in [-0.4, -0.2) is 37.2 Å². The lowest BCUT2D eigenvalue weighted by molar-refractivity contribution is 0.588. The molecule has 2 N–H and O–H groups in total. The summed E-state index contributed by atoms with van der Waals surface area (Å²) in [6.45, 7) is 0.392. The molecule has 1 aromatic heterocycles. The number of hydrogen-bond donors (Lipinski definition) is 2. The van der Waals surface area contributed by atoms with Crippen molar-refractivity contribution >= 4 is 26.7 Å². The quantitative estimate of drug-likeness (QED) is 0.656. The fourth-order valence-electron chi connectivity index (χ4n) is 3.06. The van der Waals surface area contributed by atoms with E-state index in [0.29, 0.717) is 19.0 Å². The molecule has 0 saturated heterocycles. The van der Waals surface area contributed by atoms with E-state index < -0.39 is 10.0 Å². The maximum atomic E-state index is 11.2. The Hall–Kier alpha value is -2.51. The first-order chi connectivity index (χ1) is 13.0. The van der Waals surface area contributed by atoms with E-state index in [-0.39, 0.29) is 0 Å². The molecule has 0 atom stereocenters. The predicted molar refractivity (Wildman–Crippen MR) is 108 cm³/mol. The molecule has 0 spiro atoms. The second-order valence-corrected chi connectivity index (χ2v) is 8.82. The standard InChI is InChI=1S/C20H22N4O2S/c1-27(25,26)23-10-9-14-3-2-4-15(11-14)16-5-8-19-18(12-16)20(22-13-21-19)24-17-6-7-17/h2-5,8,11-13,17,23H,6-7,9-10H2,1H3,(H,21,22,24). The Morgan fingerprint density at radius 3 is 2.67 bits per heavy atom. The molecule has 1 saturated carbocycles. The molecule has 27 heavy (non-hydrogen) atoms. The summed E-state index contributed by atoms with van der Waals surface area (Å²) in [5.74, 6) is 0.887. The van der Waals surface area contributed by atoms with E-state index in [1.807, 2.05) is 18.2 Å². The normalized spacial score (nSPS) is 14.4. The van der Waals surface area contributed by atoms with Gasteiger partial charge in [0, 0.05) is 18.0 Å². The van der Waals surface area contributed by atoms with Crippen molar-refractivity contribution in [3.8, 4) is 11.1 Å². The van der Waals surface area contributed by atoms with Crippen molar-refractivity contribution in [1.82, 2.24) is 14.7 Å². The average Bonchev–Trinajstić information content (AvgIpc) is 3.45. The number of aromatic nitrogens is 2. The van der Waals surface area contributed by atoms with Crippen molar-refractivity contribution < 1.29 is 8.42 Å². The number of benzene rings is 2. The summed E-state index contributed by atoms with van der Waals surface area (Å²) in [5, 5.41) is 4.49. The minimum atomic E-state index is -3.16. The van der Waals surface area contributed by atoms with Crippen molar-refractivity contribution in [2.45, 2.75) is 25.3 Å². The fraction of sp³-hybridized carbons (Fsp3) is 0.300. The van der Waals surface area contributed by atoms with Gasteiger partial charge in [0.2, 0.25) is 10.0 Å². The van der Waals surface area contributed by atoms with Gasteiger partial charge >= 0.3 is 0 Å². The molecule has 0 radical (unpaired) electrons. The topological polar surface area (TPSA) is 84.0 Å². The van der Waals surface area contributed by atoms with Crippen molar-refractivity contribution in [3.05, 3.63) is 54.4 Å². The van der Waals surface area contributed by atoms with Gasteiger partial charge in [-0.25, -0.2) is 23.1 Å². The van der Waals surface area contributed by atoms with Crippen LogP contribution in [0.2, 0.25) is 0 Å². The third-order valence-electron chi connectivity index (χ3n) is 4.59. The van der Waals surface area contributed by atoms with Crippen LogP contribution in [0.1, 0.15) is 18.4 Å². The Bertz CT molecular complexity index is 1080. The number of sulfonamides is 1. The van der Waals surface area contributed by atoms with E-state index in [0.717, 1.165) is 33.4 Å². The zero-order valence-electron chi connectivity index (χ0n) is 15.1. The van der Waals surface area contributed by atoms with Crippen LogP contribution in [0.4, 0.5) is 5.82 Å². The Morgan fingerprint density at radius 1 is 1.07 bits per heavy atom. The predicted octanol–water partition coefficient (Wildman–Crippen LogP) is 2.96. The van der Waals surface area contributed by atoms with Gasteiger partial charge in [-0.1, -0.05) is 30.3 Å². The summed E-state index contributed by atoms with van der Waals surface area (Å²) in [5.41, 5.74) is 4.19. The SMILES string of the molecule is CS(=O)(=O)NCCc1cccc(-c2ccc3ncnc(NC4CC4)c3c2)c1. The van der Waals surface area contributed by atoms with Gasteiger partial charge in [-0.2, -0.15) is 0 Å². The number of rotatable bonds is 7. The van der Waals surface area contributed by atoms with E-state index in [1.165, 1.54) is 19.1 Å². The first-order valence-electron chi connectivity index (χ1n) is 9.03. The van der Waals surface area contributed by atoms with Gasteiger partial charge in [-0.05, 0) is 48.1 Å². The van der Waals surface area contributed by atoms with Crippen LogP contribution >= 0.6 is 0 Å². The Morgan fingerprint density at radius 2 is 1.89 bits per heavy atom. The first-order valence-corrected chi connectivity index (χ1v) is 10.9. The second kappa shape index (κ2) is 7.25. The molecule has 0 amide bonds. The molecular formula is C20H22N4O2S. The van der Waals surface area contributed by atoms with Gasteiger partial charge in [-0.3, -0.25) is 0 Å². The maximum Gasteiger partial charge on any atom is 0.208 e. The zero-order chi connectivity index (χ0) is 18.9. The molecule has 2 aromatic carbocycles. The highest BCUT2D eigenvalue weighted by Gasteiger charge is 2.22. The molecule has 1 heterocycles. The largest absolute Gasteiger partial charge is 0.367 e. The minimum Gasteiger partial charge on any atom is -0.367 e. The van der Waals surface area contributed by atoms with Gasteiger partial charge in [-0.15, -0.1) is 0 Å². The maximum absolute atomic E-state index is 11.2. The number of nitrogens with one attached hydrogen (secondary N) is 2. The lowest BCUT2D eigenvalue weighted by atomic mass is 10.0. The molecule has 0 bridgehead atoms. The van der Waals surface area contributed by atoms with E-state index in [2.05, 4.69) is 44.3 Å². The summed E-state index contributed by atoms with van der Waals surface area (Å²) < 4.78 is 25.0. The molecule has 4 rings (SSSR count). The molecule has 7 heteroatoms. The number of anilines is 1. The number of hydrogen-bond acceptors (Lipinski definition) is 5. The fourth-order valence-corrected chi connectivity index (χ4v) is 3.53. The van der Waals surface area contributed by atoms with Crippen LogP contribution in [-0.2, 0) is 16.4 Å². The summed E-state index contributed by atoms with van der Waals surface area (Å²) in [4.78, 5) is 8.78. The Kier molecular flexibility index (Phi) is 4.80. The lowest BCUT2D eigenvalue weighted by Crippen LogP contribution is -2.24. The summed E-state index contributed by atoms with van der Waals surface area (Å²) >= 11 is 0. The van der Waals surface area contributed by atoms with Crippen LogP contribution in [0.15, 0.2) is 48.8 Å². The Balaban J connectivity index is 1.60. The highest BCUT2D eigenvalue weighted by atomic mass is 32.2. The second-order valence-electron chi connectivity index (χ2n) is 6.99. The van der Waals surface area contributed by atoms with Crippen molar-refractivity contribution in [2.75, 3.05) is 18.1 Å². The van der Waals surface area contributed by atoms with Gasteiger partial charge in [0.25, 0.3) is 0 Å². The highest BCUT2D eigenvalue weighted by Crippen LogP contribution is 2.30. The highest BCUT2D eigenvalue weighted by molar-refractivity contribution is 7.88. The van der Waals surface area contributed by atoms with Crippen LogP contribution < -0.4 is 10.0 Å². The first kappa shape index (κ1) is 17.9. The average molecular weight is 382 g/mol. The summed E-state index contributed by atoms with van der Waals surface area (Å²) in [6.07, 6.45) is 5.80. The zero-order valence-corrected chi connectivity index (χ0v) is 16.0. The van der Waals surface area contributed by atoms with Gasteiger partial charge in [0.1, 0.15) is 12.1 Å². The number of fused-ring (bicyclic) bond motifs is 1. The van der Waals surface area contributed by atoms with E-state index in [1.54, 1.807) is 6.33 Å². The molecule has 1 fully saturated rings. The van der Waals surface area contributed by atoms with Crippen molar-refractivity contribution in [1.29, 1.82) is 0 Å². The molecular weight excluding hydrogens is 360 g/mol. The van der Waals surface area contributed by atoms with Crippen LogP contribution in [0, 0.1) is 0 Å². The van der Waals surface area contributed by atoms with Crippen LogP contribution in [0.5, 0.6) is 0 Å². The summed E-state index contributed by atoms with van der Waals surface area (Å²) in [6, 6.07) is 14.9. The molecule has 140 valence electrons. The minimum absolute atomic E-state index is 0.392. The van der Waals surface area contributed by atoms with Crippen LogP contribution in [0.3, 0.4) is 0 Å². The van der Waals surface area contributed by atoms with Crippen LogP contribution in [0.25, 0.3) is 22.0 Å². The third kappa shape index (κ3) is 4.61. The van der Waals surface area contributed by atoms with Gasteiger partial charge in [0.05, 0.1) is 11.8 Å². The van der Waals surface area contributed by atoms with Gasteiger partial charge < -0.3 is 5.32 Å². The van der Waals surface area contributed by atoms with E-state index >= 15 is 0 Å². The summed E-state index contributed by atoms with van der Waals surface area (Å²) in [7, 11) is -3.16. The molecule has 1 aliphatic carbocycles. The smallest absolute Gasteiger partial charge is 0.208 e. The van der Waals surface area contributed by atoms with E-state index in [9.17, 15) is 8.42 Å². The molecule has 3 aromatic rings. The third-order valence-corrected chi connectivity index (χ3v) is 5.32. The van der Waals surface area contributed by atoms with E-state index in [4.69, 9.17) is 0 Å². The van der Waals surface area contributed by atoms with Gasteiger partial charge in [0.15, 0.2) is 0 Å². The molecule has 0 unspecified atom stereocenters. The molecule has 0 aliphatic heterocycles.